The molecule has 0 spiro atoms. The Morgan fingerprint density at radius 1 is 1.61 bits per heavy atom. The van der Waals surface area contributed by atoms with Crippen LogP contribution in [-0.4, -0.2) is 26.3 Å². The monoisotopic (exact) mass is 314 g/mol. The van der Waals surface area contributed by atoms with Crippen LogP contribution in [0.3, 0.4) is 0 Å². The van der Waals surface area contributed by atoms with Crippen molar-refractivity contribution in [2.24, 2.45) is 5.92 Å². The molecule has 0 aromatic carbocycles. The molecular weight excluding hydrogens is 296 g/mol. The quantitative estimate of drug-likeness (QED) is 0.873. The zero-order valence-corrected chi connectivity index (χ0v) is 12.4. The van der Waals surface area contributed by atoms with E-state index in [0.717, 1.165) is 12.8 Å². The van der Waals surface area contributed by atoms with Gasteiger partial charge in [0, 0.05) is 6.54 Å². The van der Waals surface area contributed by atoms with E-state index in [2.05, 4.69) is 28.0 Å². The molecule has 18 heavy (non-hydrogen) atoms. The number of carbonyl (C=O) groups is 1. The summed E-state index contributed by atoms with van der Waals surface area (Å²) in [6.45, 7) is 4.72. The van der Waals surface area contributed by atoms with Crippen molar-refractivity contribution < 1.29 is 9.90 Å². The number of carbonyl (C=O) groups excluding carboxylic acids is 1. The van der Waals surface area contributed by atoms with Gasteiger partial charge in [-0.2, -0.15) is 5.10 Å². The Bertz CT molecular complexity index is 448. The smallest absolute Gasteiger partial charge is 0.213 e. The van der Waals surface area contributed by atoms with Crippen molar-refractivity contribution in [3.63, 3.8) is 0 Å². The lowest BCUT2D eigenvalue weighted by Crippen LogP contribution is -2.43. The number of nitrogens with zero attached hydrogens (tertiary/aromatic N) is 2. The summed E-state index contributed by atoms with van der Waals surface area (Å²) in [5.74, 6) is 0.401. The van der Waals surface area contributed by atoms with Crippen molar-refractivity contribution in [1.82, 2.24) is 9.78 Å². The number of aromatic nitrogens is 2. The Morgan fingerprint density at radius 2 is 2.22 bits per heavy atom. The number of rotatable bonds is 3. The second kappa shape index (κ2) is 5.13. The lowest BCUT2D eigenvalue weighted by atomic mass is 9.76. The first-order valence-electron chi connectivity index (χ1n) is 6.46. The Morgan fingerprint density at radius 3 is 2.78 bits per heavy atom. The maximum atomic E-state index is 12.5. The SMILES string of the molecule is CCn1ncc(Br)c1C(=O)C1(O)CCC(C)CC1. The van der Waals surface area contributed by atoms with Gasteiger partial charge in [-0.1, -0.05) is 6.92 Å². The van der Waals surface area contributed by atoms with Crippen LogP contribution >= 0.6 is 15.9 Å². The van der Waals surface area contributed by atoms with Crippen LogP contribution in [-0.2, 0) is 6.54 Å². The van der Waals surface area contributed by atoms with E-state index >= 15 is 0 Å². The second-order valence-corrected chi connectivity index (χ2v) is 6.05. The fourth-order valence-corrected chi connectivity index (χ4v) is 2.99. The highest BCUT2D eigenvalue weighted by atomic mass is 79.9. The summed E-state index contributed by atoms with van der Waals surface area (Å²) in [4.78, 5) is 12.5. The van der Waals surface area contributed by atoms with Gasteiger partial charge in [-0.15, -0.1) is 0 Å². The fraction of sp³-hybridized carbons (Fsp3) is 0.692. The summed E-state index contributed by atoms with van der Waals surface area (Å²) in [5.41, 5.74) is -0.711. The van der Waals surface area contributed by atoms with E-state index in [9.17, 15) is 9.90 Å². The summed E-state index contributed by atoms with van der Waals surface area (Å²) in [6.07, 6.45) is 4.52. The molecule has 1 aliphatic rings. The lowest BCUT2D eigenvalue weighted by Gasteiger charge is -2.33. The molecule has 0 amide bonds. The third kappa shape index (κ3) is 2.38. The summed E-state index contributed by atoms with van der Waals surface area (Å²) in [6, 6.07) is 0. The number of aryl methyl sites for hydroxylation is 1. The first-order valence-corrected chi connectivity index (χ1v) is 7.25. The molecule has 5 heteroatoms. The van der Waals surface area contributed by atoms with Crippen molar-refractivity contribution in [2.45, 2.75) is 51.7 Å². The lowest BCUT2D eigenvalue weighted by molar-refractivity contribution is 0.00330. The Kier molecular flexibility index (Phi) is 3.92. The van der Waals surface area contributed by atoms with Crippen LogP contribution in [0.4, 0.5) is 0 Å². The van der Waals surface area contributed by atoms with Crippen LogP contribution in [0, 0.1) is 5.92 Å². The summed E-state index contributed by atoms with van der Waals surface area (Å²) in [7, 11) is 0. The number of halogens is 1. The molecule has 1 aliphatic carbocycles. The van der Waals surface area contributed by atoms with E-state index in [-0.39, 0.29) is 5.78 Å². The molecule has 0 bridgehead atoms. The summed E-state index contributed by atoms with van der Waals surface area (Å²) >= 11 is 3.35. The Hall–Kier alpha value is -0.680. The molecule has 1 N–H and O–H groups in total. The van der Waals surface area contributed by atoms with Crippen molar-refractivity contribution in [3.05, 3.63) is 16.4 Å². The number of hydrogen-bond donors (Lipinski definition) is 1. The van der Waals surface area contributed by atoms with Gasteiger partial charge in [0.25, 0.3) is 0 Å². The van der Waals surface area contributed by atoms with Crippen LogP contribution in [0.5, 0.6) is 0 Å². The number of ketones is 1. The largest absolute Gasteiger partial charge is 0.382 e. The first kappa shape index (κ1) is 13.7. The van der Waals surface area contributed by atoms with Gasteiger partial charge in [0.1, 0.15) is 11.3 Å². The average molecular weight is 315 g/mol. The third-order valence-electron chi connectivity index (χ3n) is 3.83. The highest BCUT2D eigenvalue weighted by Gasteiger charge is 2.41. The van der Waals surface area contributed by atoms with Gasteiger partial charge in [-0.05, 0) is 54.5 Å². The molecular formula is C13H19BrN2O2. The predicted molar refractivity (Wildman–Crippen MR) is 72.5 cm³/mol. The molecule has 100 valence electrons. The van der Waals surface area contributed by atoms with E-state index in [1.807, 2.05) is 6.92 Å². The molecule has 0 atom stereocenters. The maximum Gasteiger partial charge on any atom is 0.213 e. The minimum Gasteiger partial charge on any atom is -0.382 e. The van der Waals surface area contributed by atoms with Crippen LogP contribution in [0.15, 0.2) is 10.7 Å². The standard InChI is InChI=1S/C13H19BrN2O2/c1-3-16-11(10(14)8-15-16)12(17)13(18)6-4-9(2)5-7-13/h8-9,18H,3-7H2,1-2H3. The van der Waals surface area contributed by atoms with Crippen LogP contribution in [0.1, 0.15) is 50.0 Å². The fourth-order valence-electron chi connectivity index (χ4n) is 2.52. The molecule has 0 unspecified atom stereocenters. The van der Waals surface area contributed by atoms with Gasteiger partial charge >= 0.3 is 0 Å². The van der Waals surface area contributed by atoms with Crippen molar-refractivity contribution in [3.8, 4) is 0 Å². The average Bonchev–Trinajstić information content (AvgIpc) is 2.73. The number of hydrogen-bond acceptors (Lipinski definition) is 3. The molecule has 0 saturated heterocycles. The van der Waals surface area contributed by atoms with E-state index in [4.69, 9.17) is 0 Å². The second-order valence-electron chi connectivity index (χ2n) is 5.20. The zero-order valence-electron chi connectivity index (χ0n) is 10.8. The summed E-state index contributed by atoms with van der Waals surface area (Å²) in [5, 5.41) is 14.7. The minimum atomic E-state index is -1.21. The van der Waals surface area contributed by atoms with Gasteiger partial charge < -0.3 is 5.11 Å². The van der Waals surface area contributed by atoms with Gasteiger partial charge in [-0.3, -0.25) is 9.48 Å². The van der Waals surface area contributed by atoms with E-state index < -0.39 is 5.60 Å². The molecule has 2 rings (SSSR count). The Labute approximate surface area is 116 Å². The van der Waals surface area contributed by atoms with Crippen molar-refractivity contribution in [1.29, 1.82) is 0 Å². The molecule has 0 aliphatic heterocycles. The van der Waals surface area contributed by atoms with Gasteiger partial charge in [-0.25, -0.2) is 0 Å². The molecule has 0 radical (unpaired) electrons. The van der Waals surface area contributed by atoms with E-state index in [1.165, 1.54) is 0 Å². The van der Waals surface area contributed by atoms with Crippen LogP contribution < -0.4 is 0 Å². The minimum absolute atomic E-state index is 0.194. The summed E-state index contributed by atoms with van der Waals surface area (Å²) < 4.78 is 2.31. The van der Waals surface area contributed by atoms with Crippen molar-refractivity contribution >= 4 is 21.7 Å². The highest BCUT2D eigenvalue weighted by molar-refractivity contribution is 9.10. The highest BCUT2D eigenvalue weighted by Crippen LogP contribution is 2.35. The van der Waals surface area contributed by atoms with Crippen LogP contribution in [0.2, 0.25) is 0 Å². The normalized spacial score (nSPS) is 28.3. The molecule has 1 aromatic heterocycles. The maximum absolute atomic E-state index is 12.5. The molecule has 1 fully saturated rings. The molecule has 1 heterocycles. The van der Waals surface area contributed by atoms with Gasteiger partial charge in [0.05, 0.1) is 10.7 Å². The number of aliphatic hydroxyl groups is 1. The number of Topliss-reactive ketones (excluding diaryl/α,β-unsaturated/α-hetero) is 1. The first-order chi connectivity index (χ1) is 8.48. The van der Waals surface area contributed by atoms with E-state index in [0.29, 0.717) is 35.5 Å². The molecule has 1 saturated carbocycles. The molecule has 1 aromatic rings. The predicted octanol–water partition coefficient (Wildman–Crippen LogP) is 2.79. The van der Waals surface area contributed by atoms with Crippen LogP contribution in [0.25, 0.3) is 0 Å². The van der Waals surface area contributed by atoms with Crippen molar-refractivity contribution in [2.75, 3.05) is 0 Å². The Balaban J connectivity index is 2.28. The van der Waals surface area contributed by atoms with Gasteiger partial charge in [0.2, 0.25) is 5.78 Å². The topological polar surface area (TPSA) is 55.1 Å². The van der Waals surface area contributed by atoms with Gasteiger partial charge in [0.15, 0.2) is 0 Å². The zero-order chi connectivity index (χ0) is 13.3. The van der Waals surface area contributed by atoms with E-state index in [1.54, 1.807) is 10.9 Å². The third-order valence-corrected chi connectivity index (χ3v) is 4.41. The molecule has 4 nitrogen and oxygen atoms in total.